The molecule has 3 aromatic rings. The van der Waals surface area contributed by atoms with Gasteiger partial charge in [0.2, 0.25) is 5.89 Å². The quantitative estimate of drug-likeness (QED) is 0.414. The lowest BCUT2D eigenvalue weighted by atomic mass is 9.94. The van der Waals surface area contributed by atoms with Gasteiger partial charge in [-0.25, -0.2) is 4.79 Å². The van der Waals surface area contributed by atoms with Gasteiger partial charge >= 0.3 is 5.97 Å². The van der Waals surface area contributed by atoms with Crippen LogP contribution in [0.3, 0.4) is 0 Å². The highest BCUT2D eigenvalue weighted by molar-refractivity contribution is 5.87. The minimum atomic E-state index is -1.27. The number of carbonyl (C=O) groups is 1. The van der Waals surface area contributed by atoms with Crippen molar-refractivity contribution in [2.45, 2.75) is 40.0 Å². The standard InChI is InChI=1S/C24H29N3O6/c1-14(2)6-7-16-10-22(32-9-5-8-31-4)18(23-27-26-15(3)33-23)11-17(16)20-12-21(28)19(13-25-20)24(29)30/h10-14H,5-9H2,1-4H3,(H,25,28)(H,29,30). The number of methoxy groups -OCH3 is 1. The number of nitrogens with zero attached hydrogens (tertiary/aromatic N) is 2. The van der Waals surface area contributed by atoms with Crippen molar-refractivity contribution < 1.29 is 23.8 Å². The third kappa shape index (κ3) is 6.07. The van der Waals surface area contributed by atoms with Crippen molar-refractivity contribution in [3.05, 3.63) is 51.6 Å². The highest BCUT2D eigenvalue weighted by Gasteiger charge is 2.20. The Bertz CT molecular complexity index is 1170. The number of ether oxygens (including phenoxy) is 2. The van der Waals surface area contributed by atoms with Crippen LogP contribution in [-0.2, 0) is 11.2 Å². The van der Waals surface area contributed by atoms with E-state index in [-0.39, 0.29) is 5.56 Å². The summed E-state index contributed by atoms with van der Waals surface area (Å²) in [6, 6.07) is 5.09. The molecular formula is C24H29N3O6. The van der Waals surface area contributed by atoms with Crippen LogP contribution in [0.1, 0.15) is 48.5 Å². The van der Waals surface area contributed by atoms with Gasteiger partial charge in [-0.2, -0.15) is 0 Å². The molecule has 0 saturated heterocycles. The summed E-state index contributed by atoms with van der Waals surface area (Å²) in [5, 5.41) is 17.3. The van der Waals surface area contributed by atoms with Crippen LogP contribution < -0.4 is 10.2 Å². The molecule has 33 heavy (non-hydrogen) atoms. The number of rotatable bonds is 11. The molecule has 0 aliphatic carbocycles. The van der Waals surface area contributed by atoms with Gasteiger partial charge in [0.1, 0.15) is 11.3 Å². The van der Waals surface area contributed by atoms with Crippen molar-refractivity contribution in [2.75, 3.05) is 20.3 Å². The van der Waals surface area contributed by atoms with Gasteiger partial charge in [-0.05, 0) is 36.5 Å². The van der Waals surface area contributed by atoms with Crippen LogP contribution in [0.2, 0.25) is 0 Å². The molecule has 0 spiro atoms. The summed E-state index contributed by atoms with van der Waals surface area (Å²) >= 11 is 0. The number of H-pyrrole nitrogens is 1. The monoisotopic (exact) mass is 455 g/mol. The van der Waals surface area contributed by atoms with E-state index in [4.69, 9.17) is 13.9 Å². The number of hydrogen-bond acceptors (Lipinski definition) is 7. The molecule has 0 atom stereocenters. The first-order valence-corrected chi connectivity index (χ1v) is 10.9. The second kappa shape index (κ2) is 10.9. The average Bonchev–Trinajstić information content (AvgIpc) is 3.20. The minimum Gasteiger partial charge on any atom is -0.493 e. The number of hydrogen-bond donors (Lipinski definition) is 2. The van der Waals surface area contributed by atoms with E-state index in [0.29, 0.717) is 54.3 Å². The number of carboxylic acids is 1. The van der Waals surface area contributed by atoms with Gasteiger partial charge in [0.05, 0.1) is 12.2 Å². The molecule has 1 aromatic carbocycles. The number of aromatic nitrogens is 3. The van der Waals surface area contributed by atoms with Crippen molar-refractivity contribution in [1.82, 2.24) is 15.2 Å². The van der Waals surface area contributed by atoms with Gasteiger partial charge in [-0.3, -0.25) is 4.79 Å². The number of aryl methyl sites for hydroxylation is 2. The molecule has 2 aromatic heterocycles. The van der Waals surface area contributed by atoms with E-state index in [2.05, 4.69) is 29.0 Å². The Morgan fingerprint density at radius 2 is 1.97 bits per heavy atom. The molecule has 176 valence electrons. The predicted octanol–water partition coefficient (Wildman–Crippen LogP) is 4.10. The van der Waals surface area contributed by atoms with Crippen LogP contribution in [-0.4, -0.2) is 46.6 Å². The molecule has 9 heteroatoms. The highest BCUT2D eigenvalue weighted by Crippen LogP contribution is 2.37. The molecule has 2 heterocycles. The van der Waals surface area contributed by atoms with Gasteiger partial charge in [-0.15, -0.1) is 10.2 Å². The molecule has 3 rings (SSSR count). The lowest BCUT2D eigenvalue weighted by Crippen LogP contribution is -2.14. The van der Waals surface area contributed by atoms with Crippen LogP contribution in [0.15, 0.2) is 33.6 Å². The molecule has 0 aliphatic rings. The van der Waals surface area contributed by atoms with E-state index in [0.717, 1.165) is 24.0 Å². The van der Waals surface area contributed by atoms with Crippen LogP contribution >= 0.6 is 0 Å². The van der Waals surface area contributed by atoms with E-state index < -0.39 is 11.4 Å². The zero-order chi connectivity index (χ0) is 24.0. The molecule has 0 fully saturated rings. The average molecular weight is 456 g/mol. The van der Waals surface area contributed by atoms with E-state index in [1.165, 1.54) is 12.3 Å². The van der Waals surface area contributed by atoms with E-state index in [9.17, 15) is 14.7 Å². The van der Waals surface area contributed by atoms with Crippen molar-refractivity contribution in [3.8, 4) is 28.5 Å². The molecule has 0 radical (unpaired) electrons. The maximum Gasteiger partial charge on any atom is 0.341 e. The van der Waals surface area contributed by atoms with Gasteiger partial charge in [0.25, 0.3) is 5.89 Å². The van der Waals surface area contributed by atoms with Gasteiger partial charge < -0.3 is 24.0 Å². The summed E-state index contributed by atoms with van der Waals surface area (Å²) in [4.78, 5) is 26.6. The molecule has 0 saturated carbocycles. The Labute approximate surface area is 191 Å². The van der Waals surface area contributed by atoms with E-state index in [1.54, 1.807) is 14.0 Å². The number of carboxylic acid groups (broad SMARTS) is 1. The number of aromatic amines is 1. The largest absolute Gasteiger partial charge is 0.493 e. The fourth-order valence-electron chi connectivity index (χ4n) is 3.40. The van der Waals surface area contributed by atoms with Crippen LogP contribution in [0.4, 0.5) is 0 Å². The van der Waals surface area contributed by atoms with Gasteiger partial charge in [-0.1, -0.05) is 13.8 Å². The SMILES string of the molecule is COCCCOc1cc(CCC(C)C)c(-c2cc(=O)c(C(=O)O)c[nH]2)cc1-c1nnc(C)o1. The van der Waals surface area contributed by atoms with Crippen molar-refractivity contribution in [3.63, 3.8) is 0 Å². The second-order valence-corrected chi connectivity index (χ2v) is 8.19. The van der Waals surface area contributed by atoms with Gasteiger partial charge in [0, 0.05) is 50.6 Å². The lowest BCUT2D eigenvalue weighted by molar-refractivity contribution is 0.0695. The second-order valence-electron chi connectivity index (χ2n) is 8.19. The van der Waals surface area contributed by atoms with Crippen LogP contribution in [0.25, 0.3) is 22.7 Å². The Kier molecular flexibility index (Phi) is 8.00. The number of nitrogens with one attached hydrogen (secondary N) is 1. The Hall–Kier alpha value is -3.46. The maximum atomic E-state index is 12.4. The first kappa shape index (κ1) is 24.2. The molecule has 0 unspecified atom stereocenters. The topological polar surface area (TPSA) is 128 Å². The lowest BCUT2D eigenvalue weighted by Gasteiger charge is -2.17. The van der Waals surface area contributed by atoms with Gasteiger partial charge in [0.15, 0.2) is 5.43 Å². The third-order valence-corrected chi connectivity index (χ3v) is 5.14. The Balaban J connectivity index is 2.14. The third-order valence-electron chi connectivity index (χ3n) is 5.14. The van der Waals surface area contributed by atoms with Crippen LogP contribution in [0, 0.1) is 12.8 Å². The predicted molar refractivity (Wildman–Crippen MR) is 123 cm³/mol. The molecule has 0 amide bonds. The van der Waals surface area contributed by atoms with Crippen molar-refractivity contribution in [1.29, 1.82) is 0 Å². The van der Waals surface area contributed by atoms with Crippen molar-refractivity contribution in [2.24, 2.45) is 5.92 Å². The minimum absolute atomic E-state index is 0.301. The zero-order valence-corrected chi connectivity index (χ0v) is 19.3. The Morgan fingerprint density at radius 1 is 1.18 bits per heavy atom. The number of aromatic carboxylic acids is 1. The smallest absolute Gasteiger partial charge is 0.341 e. The first-order chi connectivity index (χ1) is 15.8. The Morgan fingerprint density at radius 3 is 2.58 bits per heavy atom. The summed E-state index contributed by atoms with van der Waals surface area (Å²) < 4.78 is 16.8. The molecule has 2 N–H and O–H groups in total. The normalized spacial score (nSPS) is 11.2. The molecular weight excluding hydrogens is 426 g/mol. The summed E-state index contributed by atoms with van der Waals surface area (Å²) in [6.07, 6.45) is 3.60. The number of pyridine rings is 1. The molecule has 0 aliphatic heterocycles. The fourth-order valence-corrected chi connectivity index (χ4v) is 3.40. The molecule has 9 nitrogen and oxygen atoms in total. The first-order valence-electron chi connectivity index (χ1n) is 10.9. The summed E-state index contributed by atoms with van der Waals surface area (Å²) in [5.74, 6) is 0.512. The van der Waals surface area contributed by atoms with E-state index in [1.807, 2.05) is 12.1 Å². The summed E-state index contributed by atoms with van der Waals surface area (Å²) in [7, 11) is 1.64. The zero-order valence-electron chi connectivity index (χ0n) is 19.3. The number of benzene rings is 1. The van der Waals surface area contributed by atoms with Crippen molar-refractivity contribution >= 4 is 5.97 Å². The highest BCUT2D eigenvalue weighted by atomic mass is 16.5. The fraction of sp³-hybridized carbons (Fsp3) is 0.417. The summed E-state index contributed by atoms with van der Waals surface area (Å²) in [5.41, 5.74) is 1.94. The van der Waals surface area contributed by atoms with Crippen LogP contribution in [0.5, 0.6) is 5.75 Å². The van der Waals surface area contributed by atoms with E-state index >= 15 is 0 Å². The molecule has 0 bridgehead atoms. The maximum absolute atomic E-state index is 12.4. The summed E-state index contributed by atoms with van der Waals surface area (Å²) in [6.45, 7) is 7.00.